The van der Waals surface area contributed by atoms with Crippen molar-refractivity contribution in [1.29, 1.82) is 0 Å². The quantitative estimate of drug-likeness (QED) is 0.567. The Morgan fingerprint density at radius 2 is 1.82 bits per heavy atom. The van der Waals surface area contributed by atoms with Gasteiger partial charge in [-0.3, -0.25) is 0 Å². The molecule has 0 radical (unpaired) electrons. The predicted octanol–water partition coefficient (Wildman–Crippen LogP) is 2.19. The molecule has 0 saturated heterocycles. The Kier molecular flexibility index (Phi) is 1.26. The first-order valence-corrected chi connectivity index (χ1v) is 4.64. The van der Waals surface area contributed by atoms with E-state index in [9.17, 15) is 5.11 Å². The van der Waals surface area contributed by atoms with Gasteiger partial charge in [0.25, 0.3) is 0 Å². The molecule has 1 N–H and O–H groups in total. The lowest BCUT2D eigenvalue weighted by atomic mass is 9.65. The molecule has 1 nitrogen and oxygen atoms in total. The molecular weight excluding hydrogens is 136 g/mol. The highest BCUT2D eigenvalue weighted by Crippen LogP contribution is 2.63. The lowest BCUT2D eigenvalue weighted by Gasteiger charge is -2.42. The zero-order valence-electron chi connectivity index (χ0n) is 7.72. The molecule has 0 amide bonds. The molecule has 2 aliphatic rings. The number of hydrogen-bond donors (Lipinski definition) is 1. The maximum Gasteiger partial charge on any atom is 0.0601 e. The normalized spacial score (nSPS) is 53.5. The second-order valence-electron chi connectivity index (χ2n) is 5.33. The van der Waals surface area contributed by atoms with Crippen LogP contribution >= 0.6 is 0 Å². The summed E-state index contributed by atoms with van der Waals surface area (Å²) in [7, 11) is 0. The van der Waals surface area contributed by atoms with Crippen LogP contribution in [0, 0.1) is 16.7 Å². The molecule has 2 aliphatic carbocycles. The van der Waals surface area contributed by atoms with Gasteiger partial charge in [0.2, 0.25) is 0 Å². The lowest BCUT2D eigenvalue weighted by Crippen LogP contribution is -2.40. The number of rotatable bonds is 0. The van der Waals surface area contributed by atoms with Gasteiger partial charge in [0.1, 0.15) is 0 Å². The highest BCUT2D eigenvalue weighted by atomic mass is 16.3. The summed E-state index contributed by atoms with van der Waals surface area (Å²) >= 11 is 0. The number of aliphatic hydroxyl groups excluding tert-OH is 1. The van der Waals surface area contributed by atoms with E-state index in [1.165, 1.54) is 12.8 Å². The first kappa shape index (κ1) is 7.60. The second-order valence-corrected chi connectivity index (χ2v) is 5.33. The topological polar surface area (TPSA) is 20.2 Å². The Labute approximate surface area is 68.8 Å². The van der Waals surface area contributed by atoms with Gasteiger partial charge in [-0.05, 0) is 36.0 Å². The van der Waals surface area contributed by atoms with Gasteiger partial charge in [-0.25, -0.2) is 0 Å². The minimum atomic E-state index is -0.0313. The van der Waals surface area contributed by atoms with Crippen LogP contribution < -0.4 is 0 Å². The van der Waals surface area contributed by atoms with Crippen molar-refractivity contribution in [2.24, 2.45) is 16.7 Å². The van der Waals surface area contributed by atoms with Crippen LogP contribution in [-0.4, -0.2) is 11.2 Å². The van der Waals surface area contributed by atoms with E-state index in [-0.39, 0.29) is 11.5 Å². The molecule has 64 valence electrons. The molecule has 0 spiro atoms. The lowest BCUT2D eigenvalue weighted by molar-refractivity contribution is -0.0295. The fourth-order valence-electron chi connectivity index (χ4n) is 3.23. The van der Waals surface area contributed by atoms with Crippen molar-refractivity contribution in [3.63, 3.8) is 0 Å². The number of aliphatic hydroxyl groups is 1. The third-order valence-corrected chi connectivity index (χ3v) is 4.35. The smallest absolute Gasteiger partial charge is 0.0601 e. The fourth-order valence-corrected chi connectivity index (χ4v) is 3.23. The summed E-state index contributed by atoms with van der Waals surface area (Å²) in [5.41, 5.74) is 0.590. The van der Waals surface area contributed by atoms with Gasteiger partial charge in [0.05, 0.1) is 6.10 Å². The van der Waals surface area contributed by atoms with Gasteiger partial charge in [0.15, 0.2) is 0 Å². The highest BCUT2D eigenvalue weighted by Gasteiger charge is 2.58. The molecule has 2 rings (SSSR count). The van der Waals surface area contributed by atoms with Crippen LogP contribution in [0.4, 0.5) is 0 Å². The monoisotopic (exact) mass is 154 g/mol. The standard InChI is InChI=1S/C10H18O/c1-9(2)5-7-4-8(11)10(9,3)6-7/h7-8,11H,4-6H2,1-3H3. The van der Waals surface area contributed by atoms with Crippen molar-refractivity contribution in [3.05, 3.63) is 0 Å². The van der Waals surface area contributed by atoms with Gasteiger partial charge in [-0.15, -0.1) is 0 Å². The van der Waals surface area contributed by atoms with E-state index < -0.39 is 0 Å². The molecule has 3 atom stereocenters. The van der Waals surface area contributed by atoms with Crippen LogP contribution in [0.2, 0.25) is 0 Å². The summed E-state index contributed by atoms with van der Waals surface area (Å²) < 4.78 is 0. The van der Waals surface area contributed by atoms with Gasteiger partial charge < -0.3 is 5.11 Å². The average molecular weight is 154 g/mol. The van der Waals surface area contributed by atoms with E-state index in [1.807, 2.05) is 0 Å². The summed E-state index contributed by atoms with van der Waals surface area (Å²) in [5, 5.41) is 9.81. The Morgan fingerprint density at radius 1 is 1.18 bits per heavy atom. The van der Waals surface area contributed by atoms with Crippen LogP contribution in [0.5, 0.6) is 0 Å². The minimum absolute atomic E-state index is 0.0313. The average Bonchev–Trinajstić information content (AvgIpc) is 2.16. The highest BCUT2D eigenvalue weighted by molar-refractivity contribution is 5.08. The van der Waals surface area contributed by atoms with E-state index in [2.05, 4.69) is 20.8 Å². The van der Waals surface area contributed by atoms with Crippen LogP contribution in [0.1, 0.15) is 40.0 Å². The molecule has 0 aromatic heterocycles. The van der Waals surface area contributed by atoms with Crippen molar-refractivity contribution < 1.29 is 5.11 Å². The van der Waals surface area contributed by atoms with E-state index >= 15 is 0 Å². The largest absolute Gasteiger partial charge is 0.393 e. The van der Waals surface area contributed by atoms with Crippen LogP contribution in [0.25, 0.3) is 0 Å². The van der Waals surface area contributed by atoms with E-state index in [1.54, 1.807) is 0 Å². The third-order valence-electron chi connectivity index (χ3n) is 4.35. The van der Waals surface area contributed by atoms with Crippen molar-refractivity contribution in [1.82, 2.24) is 0 Å². The molecule has 0 heterocycles. The van der Waals surface area contributed by atoms with Crippen LogP contribution in [0.15, 0.2) is 0 Å². The molecule has 0 aromatic carbocycles. The van der Waals surface area contributed by atoms with Crippen molar-refractivity contribution in [2.75, 3.05) is 0 Å². The minimum Gasteiger partial charge on any atom is -0.393 e. The Bertz CT molecular complexity index is 185. The van der Waals surface area contributed by atoms with E-state index in [0.29, 0.717) is 5.41 Å². The van der Waals surface area contributed by atoms with Crippen LogP contribution in [0.3, 0.4) is 0 Å². The fraction of sp³-hybridized carbons (Fsp3) is 1.00. The summed E-state index contributed by atoms with van der Waals surface area (Å²) in [6, 6.07) is 0. The van der Waals surface area contributed by atoms with Gasteiger partial charge in [-0.2, -0.15) is 0 Å². The maximum atomic E-state index is 9.81. The molecule has 0 aromatic rings. The number of fused-ring (bicyclic) bond motifs is 2. The molecule has 1 heteroatoms. The molecule has 3 unspecified atom stereocenters. The zero-order chi connectivity index (χ0) is 8.28. The Hall–Kier alpha value is -0.0400. The number of hydrogen-bond acceptors (Lipinski definition) is 1. The summed E-state index contributed by atoms with van der Waals surface area (Å²) in [6.07, 6.45) is 3.60. The van der Waals surface area contributed by atoms with Gasteiger partial charge in [0, 0.05) is 0 Å². The first-order valence-electron chi connectivity index (χ1n) is 4.64. The molecule has 11 heavy (non-hydrogen) atoms. The van der Waals surface area contributed by atoms with Crippen molar-refractivity contribution in [2.45, 2.75) is 46.1 Å². The molecular formula is C10H18O. The molecule has 2 bridgehead atoms. The summed E-state index contributed by atoms with van der Waals surface area (Å²) in [5.74, 6) is 0.810. The summed E-state index contributed by atoms with van der Waals surface area (Å²) in [6.45, 7) is 6.86. The van der Waals surface area contributed by atoms with Gasteiger partial charge in [-0.1, -0.05) is 20.8 Å². The van der Waals surface area contributed by atoms with E-state index in [0.717, 1.165) is 12.3 Å². The molecule has 2 saturated carbocycles. The molecule has 0 aliphatic heterocycles. The third kappa shape index (κ3) is 0.752. The Balaban J connectivity index is 2.34. The SMILES string of the molecule is CC1(C)CC2CC(O)C1(C)C2. The first-order chi connectivity index (χ1) is 4.96. The summed E-state index contributed by atoms with van der Waals surface area (Å²) in [4.78, 5) is 0. The Morgan fingerprint density at radius 3 is 2.09 bits per heavy atom. The predicted molar refractivity (Wildman–Crippen MR) is 45.2 cm³/mol. The molecule has 2 fully saturated rings. The second kappa shape index (κ2) is 1.82. The van der Waals surface area contributed by atoms with Crippen molar-refractivity contribution in [3.8, 4) is 0 Å². The van der Waals surface area contributed by atoms with Crippen molar-refractivity contribution >= 4 is 0 Å². The van der Waals surface area contributed by atoms with Gasteiger partial charge >= 0.3 is 0 Å². The zero-order valence-corrected chi connectivity index (χ0v) is 7.72. The van der Waals surface area contributed by atoms with Crippen LogP contribution in [-0.2, 0) is 0 Å². The van der Waals surface area contributed by atoms with E-state index in [4.69, 9.17) is 0 Å². The maximum absolute atomic E-state index is 9.81.